The molecule has 0 heterocycles. The van der Waals surface area contributed by atoms with Gasteiger partial charge in [0.1, 0.15) is 0 Å². The molecule has 4 rings (SSSR count). The van der Waals surface area contributed by atoms with E-state index in [4.69, 9.17) is 0 Å². The molecule has 0 saturated carbocycles. The highest BCUT2D eigenvalue weighted by Gasteiger charge is 2.14. The van der Waals surface area contributed by atoms with Gasteiger partial charge in [0.25, 0.3) is 0 Å². The van der Waals surface area contributed by atoms with Gasteiger partial charge < -0.3 is 14.9 Å². The third-order valence-corrected chi connectivity index (χ3v) is 4.43. The summed E-state index contributed by atoms with van der Waals surface area (Å²) in [6, 6.07) is 32.1. The van der Waals surface area contributed by atoms with E-state index in [1.165, 1.54) is 0 Å². The van der Waals surface area contributed by atoms with E-state index in [9.17, 15) is 10.0 Å². The Morgan fingerprint density at radius 3 is 1.65 bits per heavy atom. The molecule has 0 radical (unpaired) electrons. The molecule has 0 fully saturated rings. The van der Waals surface area contributed by atoms with Crippen LogP contribution in [-0.2, 0) is 0 Å². The highest BCUT2D eigenvalue weighted by Crippen LogP contribution is 2.35. The molecular formula is C22H18BNO2. The number of hydrogen-bond acceptors (Lipinski definition) is 3. The van der Waals surface area contributed by atoms with E-state index in [2.05, 4.69) is 41.3 Å². The maximum atomic E-state index is 9.37. The third-order valence-electron chi connectivity index (χ3n) is 4.43. The first-order valence-electron chi connectivity index (χ1n) is 8.52. The van der Waals surface area contributed by atoms with E-state index in [1.54, 1.807) is 12.1 Å². The topological polar surface area (TPSA) is 43.7 Å². The van der Waals surface area contributed by atoms with Gasteiger partial charge in [0.15, 0.2) is 0 Å². The highest BCUT2D eigenvalue weighted by atomic mass is 16.4. The second-order valence-electron chi connectivity index (χ2n) is 6.17. The molecule has 4 aromatic rings. The van der Waals surface area contributed by atoms with Crippen LogP contribution in [0.4, 0.5) is 17.1 Å². The van der Waals surface area contributed by atoms with Crippen molar-refractivity contribution in [1.29, 1.82) is 0 Å². The molecule has 4 aromatic carbocycles. The van der Waals surface area contributed by atoms with Crippen LogP contribution in [0.5, 0.6) is 0 Å². The molecule has 4 heteroatoms. The van der Waals surface area contributed by atoms with E-state index in [0.717, 1.165) is 27.8 Å². The van der Waals surface area contributed by atoms with Crippen LogP contribution in [0, 0.1) is 0 Å². The Hall–Kier alpha value is -3.08. The lowest BCUT2D eigenvalue weighted by atomic mass is 9.79. The van der Waals surface area contributed by atoms with Gasteiger partial charge in [0.2, 0.25) is 0 Å². The zero-order valence-corrected chi connectivity index (χ0v) is 14.2. The zero-order chi connectivity index (χ0) is 17.9. The van der Waals surface area contributed by atoms with Crippen LogP contribution in [-0.4, -0.2) is 17.2 Å². The van der Waals surface area contributed by atoms with Crippen LogP contribution in [0.25, 0.3) is 10.8 Å². The summed E-state index contributed by atoms with van der Waals surface area (Å²) in [7, 11) is -1.45. The molecule has 0 spiro atoms. The Kier molecular flexibility index (Phi) is 4.44. The van der Waals surface area contributed by atoms with Gasteiger partial charge in [-0.2, -0.15) is 0 Å². The van der Waals surface area contributed by atoms with Crippen molar-refractivity contribution in [2.45, 2.75) is 0 Å². The van der Waals surface area contributed by atoms with Gasteiger partial charge in [0.05, 0.1) is 0 Å². The van der Waals surface area contributed by atoms with Gasteiger partial charge in [-0.25, -0.2) is 0 Å². The van der Waals surface area contributed by atoms with Gasteiger partial charge in [-0.15, -0.1) is 0 Å². The average molecular weight is 339 g/mol. The minimum Gasteiger partial charge on any atom is -0.423 e. The minimum absolute atomic E-state index is 0.494. The highest BCUT2D eigenvalue weighted by molar-refractivity contribution is 6.58. The summed E-state index contributed by atoms with van der Waals surface area (Å²) in [5.41, 5.74) is 3.71. The normalized spacial score (nSPS) is 10.7. The largest absolute Gasteiger partial charge is 0.488 e. The molecule has 0 atom stereocenters. The van der Waals surface area contributed by atoms with Crippen molar-refractivity contribution >= 4 is 40.4 Å². The number of nitrogens with zero attached hydrogens (tertiary/aromatic N) is 1. The van der Waals surface area contributed by atoms with E-state index in [-0.39, 0.29) is 0 Å². The van der Waals surface area contributed by atoms with Gasteiger partial charge in [-0.1, -0.05) is 60.7 Å². The van der Waals surface area contributed by atoms with E-state index < -0.39 is 7.12 Å². The summed E-state index contributed by atoms with van der Waals surface area (Å²) in [6.45, 7) is 0. The first-order valence-corrected chi connectivity index (χ1v) is 8.52. The molecule has 3 nitrogen and oxygen atoms in total. The summed E-state index contributed by atoms with van der Waals surface area (Å²) in [5.74, 6) is 0. The number of rotatable bonds is 4. The smallest absolute Gasteiger partial charge is 0.423 e. The van der Waals surface area contributed by atoms with Gasteiger partial charge in [-0.3, -0.25) is 0 Å². The first-order chi connectivity index (χ1) is 12.7. The van der Waals surface area contributed by atoms with Gasteiger partial charge in [-0.05, 0) is 52.6 Å². The van der Waals surface area contributed by atoms with Crippen LogP contribution < -0.4 is 10.4 Å². The Bertz CT molecular complexity index is 980. The minimum atomic E-state index is -1.45. The van der Waals surface area contributed by atoms with Crippen LogP contribution in [0.1, 0.15) is 0 Å². The Morgan fingerprint density at radius 2 is 1.08 bits per heavy atom. The van der Waals surface area contributed by atoms with Crippen molar-refractivity contribution in [3.63, 3.8) is 0 Å². The van der Waals surface area contributed by atoms with E-state index in [0.29, 0.717) is 5.46 Å². The monoisotopic (exact) mass is 339 g/mol. The SMILES string of the molecule is OB(O)c1ccc2cc(N(c3ccccc3)c3ccccc3)ccc2c1. The molecule has 0 aliphatic heterocycles. The molecule has 0 bridgehead atoms. The van der Waals surface area contributed by atoms with Crippen LogP contribution in [0.15, 0.2) is 97.1 Å². The summed E-state index contributed by atoms with van der Waals surface area (Å²) >= 11 is 0. The van der Waals surface area contributed by atoms with E-state index >= 15 is 0 Å². The number of anilines is 3. The molecule has 0 unspecified atom stereocenters. The molecule has 2 N–H and O–H groups in total. The van der Waals surface area contributed by atoms with Gasteiger partial charge >= 0.3 is 7.12 Å². The lowest BCUT2D eigenvalue weighted by Gasteiger charge is -2.25. The Balaban J connectivity index is 1.84. The number of hydrogen-bond donors (Lipinski definition) is 2. The third kappa shape index (κ3) is 3.20. The molecule has 0 aliphatic rings. The van der Waals surface area contributed by atoms with Crippen molar-refractivity contribution in [3.8, 4) is 0 Å². The summed E-state index contributed by atoms with van der Waals surface area (Å²) in [5, 5.41) is 20.8. The molecule has 26 heavy (non-hydrogen) atoms. The lowest BCUT2D eigenvalue weighted by Crippen LogP contribution is -2.29. The van der Waals surface area contributed by atoms with Crippen LogP contribution >= 0.6 is 0 Å². The van der Waals surface area contributed by atoms with Crippen molar-refractivity contribution in [2.75, 3.05) is 4.90 Å². The zero-order valence-electron chi connectivity index (χ0n) is 14.2. The molecule has 0 amide bonds. The predicted molar refractivity (Wildman–Crippen MR) is 108 cm³/mol. The van der Waals surface area contributed by atoms with E-state index in [1.807, 2.05) is 48.5 Å². The van der Waals surface area contributed by atoms with Crippen molar-refractivity contribution in [1.82, 2.24) is 0 Å². The Labute approximate surface area is 152 Å². The number of para-hydroxylation sites is 2. The first kappa shape index (κ1) is 16.4. The second kappa shape index (κ2) is 7.04. The maximum Gasteiger partial charge on any atom is 0.488 e. The quantitative estimate of drug-likeness (QED) is 0.553. The van der Waals surface area contributed by atoms with Crippen LogP contribution in [0.2, 0.25) is 0 Å². The fraction of sp³-hybridized carbons (Fsp3) is 0. The summed E-state index contributed by atoms with van der Waals surface area (Å²) in [4.78, 5) is 2.20. The van der Waals surface area contributed by atoms with Crippen molar-refractivity contribution in [3.05, 3.63) is 97.1 Å². The maximum absolute atomic E-state index is 9.37. The molecule has 126 valence electrons. The summed E-state index contributed by atoms with van der Waals surface area (Å²) in [6.07, 6.45) is 0. The number of fused-ring (bicyclic) bond motifs is 1. The fourth-order valence-electron chi connectivity index (χ4n) is 3.15. The van der Waals surface area contributed by atoms with Crippen molar-refractivity contribution < 1.29 is 10.0 Å². The van der Waals surface area contributed by atoms with Crippen molar-refractivity contribution in [2.24, 2.45) is 0 Å². The fourth-order valence-corrected chi connectivity index (χ4v) is 3.15. The predicted octanol–water partition coefficient (Wildman–Crippen LogP) is 3.99. The Morgan fingerprint density at radius 1 is 0.538 bits per heavy atom. The molecule has 0 saturated heterocycles. The second-order valence-corrected chi connectivity index (χ2v) is 6.17. The summed E-state index contributed by atoms with van der Waals surface area (Å²) < 4.78 is 0. The molecular weight excluding hydrogens is 321 g/mol. The molecule has 0 aliphatic carbocycles. The number of benzene rings is 4. The lowest BCUT2D eigenvalue weighted by molar-refractivity contribution is 0.426. The van der Waals surface area contributed by atoms with Crippen LogP contribution in [0.3, 0.4) is 0 Å². The standard InChI is InChI=1S/C22H18BNO2/c25-23(26)19-13-11-18-16-22(14-12-17(18)15-19)24(20-7-3-1-4-8-20)21-9-5-2-6-10-21/h1-16,25-26H. The average Bonchev–Trinajstić information content (AvgIpc) is 2.69. The van der Waals surface area contributed by atoms with Gasteiger partial charge in [0, 0.05) is 17.1 Å². The molecule has 0 aromatic heterocycles.